The predicted octanol–water partition coefficient (Wildman–Crippen LogP) is 4.60. The molecule has 0 bridgehead atoms. The van der Waals surface area contributed by atoms with E-state index in [0.29, 0.717) is 13.0 Å². The van der Waals surface area contributed by atoms with E-state index in [1.165, 1.54) is 0 Å². The van der Waals surface area contributed by atoms with Gasteiger partial charge in [-0.05, 0) is 60.8 Å². The van der Waals surface area contributed by atoms with Crippen molar-refractivity contribution in [3.8, 4) is 0 Å². The molecule has 2 N–H and O–H groups in total. The van der Waals surface area contributed by atoms with Gasteiger partial charge in [-0.3, -0.25) is 9.59 Å². The quantitative estimate of drug-likeness (QED) is 0.521. The van der Waals surface area contributed by atoms with Gasteiger partial charge in [0.15, 0.2) is 0 Å². The molecule has 4 rings (SSSR count). The standard InChI is InChI=1S/C25H26BrN3O2.ClH/c1-16(27-2)24(30)28-22-14-12-17-7-3-6-10-23(17)29(25(22)31)15-18-11-13-21(26)20-9-5-4-8-19(18)20;/h3-11,13,16,22,27H,12,14-15H2,1-2H3,(H,28,30);1H/t16-,22-;/m0./s1. The van der Waals surface area contributed by atoms with Crippen molar-refractivity contribution in [2.45, 2.75) is 38.4 Å². The first-order valence-electron chi connectivity index (χ1n) is 10.5. The smallest absolute Gasteiger partial charge is 0.249 e. The number of likely N-dealkylation sites (N-methyl/N-ethyl adjacent to an activating group) is 1. The van der Waals surface area contributed by atoms with Crippen LogP contribution < -0.4 is 15.5 Å². The number of amides is 2. The van der Waals surface area contributed by atoms with Crippen molar-refractivity contribution in [1.29, 1.82) is 0 Å². The Balaban J connectivity index is 0.00000289. The minimum absolute atomic E-state index is 0. The lowest BCUT2D eigenvalue weighted by Crippen LogP contribution is -2.52. The Kier molecular flexibility index (Phi) is 7.93. The van der Waals surface area contributed by atoms with Crippen LogP contribution in [0.4, 0.5) is 5.69 Å². The van der Waals surface area contributed by atoms with Gasteiger partial charge in [-0.15, -0.1) is 12.4 Å². The summed E-state index contributed by atoms with van der Waals surface area (Å²) in [6.07, 6.45) is 1.31. The molecule has 0 unspecified atom stereocenters. The Morgan fingerprint density at radius 1 is 1.09 bits per heavy atom. The van der Waals surface area contributed by atoms with E-state index in [4.69, 9.17) is 0 Å². The molecule has 0 radical (unpaired) electrons. The summed E-state index contributed by atoms with van der Waals surface area (Å²) < 4.78 is 1.03. The lowest BCUT2D eigenvalue weighted by atomic mass is 10.0. The third kappa shape index (κ3) is 4.82. The highest BCUT2D eigenvalue weighted by molar-refractivity contribution is 9.10. The van der Waals surface area contributed by atoms with Crippen LogP contribution in [0.25, 0.3) is 10.8 Å². The van der Waals surface area contributed by atoms with Gasteiger partial charge in [0.1, 0.15) is 6.04 Å². The number of fused-ring (bicyclic) bond motifs is 2. The summed E-state index contributed by atoms with van der Waals surface area (Å²) in [5, 5.41) is 8.11. The molecule has 1 aliphatic rings. The molecule has 3 aromatic carbocycles. The molecule has 0 aromatic heterocycles. The Bertz CT molecular complexity index is 1140. The molecule has 168 valence electrons. The molecule has 7 heteroatoms. The van der Waals surface area contributed by atoms with Gasteiger partial charge >= 0.3 is 0 Å². The van der Waals surface area contributed by atoms with Gasteiger partial charge in [0.2, 0.25) is 11.8 Å². The molecule has 2 atom stereocenters. The van der Waals surface area contributed by atoms with Gasteiger partial charge < -0.3 is 15.5 Å². The number of carbonyl (C=O) groups excluding carboxylic acids is 2. The number of nitrogens with one attached hydrogen (secondary N) is 2. The molecule has 0 saturated heterocycles. The average Bonchev–Trinajstić information content (AvgIpc) is 2.92. The molecule has 0 fully saturated rings. The van der Waals surface area contributed by atoms with Crippen LogP contribution in [-0.2, 0) is 22.6 Å². The van der Waals surface area contributed by atoms with Gasteiger partial charge in [-0.2, -0.15) is 0 Å². The Morgan fingerprint density at radius 2 is 1.78 bits per heavy atom. The predicted molar refractivity (Wildman–Crippen MR) is 135 cm³/mol. The number of aryl methyl sites for hydroxylation is 1. The topological polar surface area (TPSA) is 61.4 Å². The highest BCUT2D eigenvalue weighted by atomic mass is 79.9. The molecule has 0 aliphatic carbocycles. The first-order chi connectivity index (χ1) is 15.0. The van der Waals surface area contributed by atoms with Crippen molar-refractivity contribution in [3.63, 3.8) is 0 Å². The van der Waals surface area contributed by atoms with Crippen LogP contribution in [0.1, 0.15) is 24.5 Å². The van der Waals surface area contributed by atoms with Crippen molar-refractivity contribution in [2.24, 2.45) is 0 Å². The van der Waals surface area contributed by atoms with Crippen LogP contribution >= 0.6 is 28.3 Å². The number of halogens is 2. The van der Waals surface area contributed by atoms with E-state index in [0.717, 1.165) is 38.5 Å². The van der Waals surface area contributed by atoms with Gasteiger partial charge in [-0.25, -0.2) is 0 Å². The van der Waals surface area contributed by atoms with Crippen LogP contribution in [0.3, 0.4) is 0 Å². The summed E-state index contributed by atoms with van der Waals surface area (Å²) >= 11 is 3.63. The maximum absolute atomic E-state index is 13.6. The van der Waals surface area contributed by atoms with Crippen molar-refractivity contribution >= 4 is 56.6 Å². The third-order valence-corrected chi connectivity index (χ3v) is 6.67. The molecular weight excluding hydrogens is 490 g/mol. The largest absolute Gasteiger partial charge is 0.343 e. The molecule has 0 spiro atoms. The lowest BCUT2D eigenvalue weighted by molar-refractivity contribution is -0.128. The van der Waals surface area contributed by atoms with Crippen molar-refractivity contribution in [2.75, 3.05) is 11.9 Å². The lowest BCUT2D eigenvalue weighted by Gasteiger charge is -2.27. The molecule has 5 nitrogen and oxygen atoms in total. The summed E-state index contributed by atoms with van der Waals surface area (Å²) in [5.41, 5.74) is 3.10. The van der Waals surface area contributed by atoms with Crippen LogP contribution in [-0.4, -0.2) is 30.9 Å². The maximum atomic E-state index is 13.6. The van der Waals surface area contributed by atoms with Gasteiger partial charge in [0.05, 0.1) is 12.6 Å². The van der Waals surface area contributed by atoms with Crippen LogP contribution in [0.2, 0.25) is 0 Å². The van der Waals surface area contributed by atoms with Crippen molar-refractivity contribution in [1.82, 2.24) is 10.6 Å². The average molecular weight is 517 g/mol. The number of nitrogens with zero attached hydrogens (tertiary/aromatic N) is 1. The minimum atomic E-state index is -0.558. The number of anilines is 1. The Morgan fingerprint density at radius 3 is 2.53 bits per heavy atom. The van der Waals surface area contributed by atoms with Crippen LogP contribution in [0.5, 0.6) is 0 Å². The number of carbonyl (C=O) groups is 2. The highest BCUT2D eigenvalue weighted by Gasteiger charge is 2.32. The maximum Gasteiger partial charge on any atom is 0.249 e. The van der Waals surface area contributed by atoms with Gasteiger partial charge in [0.25, 0.3) is 0 Å². The van der Waals surface area contributed by atoms with E-state index in [1.807, 2.05) is 41.3 Å². The minimum Gasteiger partial charge on any atom is -0.343 e. The second-order valence-electron chi connectivity index (χ2n) is 7.92. The number of hydrogen-bond donors (Lipinski definition) is 2. The zero-order chi connectivity index (χ0) is 22.0. The molecule has 1 heterocycles. The zero-order valence-corrected chi connectivity index (χ0v) is 20.5. The molecule has 32 heavy (non-hydrogen) atoms. The van der Waals surface area contributed by atoms with E-state index >= 15 is 0 Å². The summed E-state index contributed by atoms with van der Waals surface area (Å²) in [6.45, 7) is 2.23. The second kappa shape index (κ2) is 10.5. The molecular formula is C25H27BrClN3O2. The first-order valence-corrected chi connectivity index (χ1v) is 11.3. The van der Waals surface area contributed by atoms with E-state index in [9.17, 15) is 9.59 Å². The molecule has 0 saturated carbocycles. The molecule has 3 aromatic rings. The van der Waals surface area contributed by atoms with Crippen LogP contribution in [0, 0.1) is 0 Å². The molecule has 2 amide bonds. The van der Waals surface area contributed by atoms with Crippen molar-refractivity contribution in [3.05, 3.63) is 76.3 Å². The number of hydrogen-bond acceptors (Lipinski definition) is 3. The second-order valence-corrected chi connectivity index (χ2v) is 8.77. The van der Waals surface area contributed by atoms with Crippen molar-refractivity contribution < 1.29 is 9.59 Å². The monoisotopic (exact) mass is 515 g/mol. The highest BCUT2D eigenvalue weighted by Crippen LogP contribution is 2.32. The zero-order valence-electron chi connectivity index (χ0n) is 18.1. The Labute approximate surface area is 203 Å². The van der Waals surface area contributed by atoms with E-state index in [-0.39, 0.29) is 30.3 Å². The first kappa shape index (κ1) is 24.2. The summed E-state index contributed by atoms with van der Waals surface area (Å²) in [7, 11) is 1.74. The third-order valence-electron chi connectivity index (χ3n) is 5.98. The van der Waals surface area contributed by atoms with Gasteiger partial charge in [-0.1, -0.05) is 64.5 Å². The normalized spacial score (nSPS) is 16.7. The number of para-hydroxylation sites is 1. The SMILES string of the molecule is CN[C@@H](C)C(=O)N[C@H]1CCc2ccccc2N(Cc2ccc(Br)c3ccccc23)C1=O.Cl. The molecule has 1 aliphatic heterocycles. The fraction of sp³-hybridized carbons (Fsp3) is 0.280. The number of rotatable bonds is 5. The number of benzene rings is 3. The van der Waals surface area contributed by atoms with E-state index < -0.39 is 6.04 Å². The van der Waals surface area contributed by atoms with E-state index in [2.05, 4.69) is 50.8 Å². The van der Waals surface area contributed by atoms with E-state index in [1.54, 1.807) is 14.0 Å². The van der Waals surface area contributed by atoms with Gasteiger partial charge in [0, 0.05) is 10.2 Å². The summed E-state index contributed by atoms with van der Waals surface area (Å²) in [4.78, 5) is 28.0. The van der Waals surface area contributed by atoms with Crippen LogP contribution in [0.15, 0.2) is 65.1 Å². The summed E-state index contributed by atoms with van der Waals surface area (Å²) in [6, 6.07) is 19.4. The fourth-order valence-corrected chi connectivity index (χ4v) is 4.55. The fourth-order valence-electron chi connectivity index (χ4n) is 4.07. The summed E-state index contributed by atoms with van der Waals surface area (Å²) in [5.74, 6) is -0.241. The Hall–Kier alpha value is -2.41.